The second-order valence-corrected chi connectivity index (χ2v) is 6.02. The molecule has 0 saturated heterocycles. The van der Waals surface area contributed by atoms with Crippen LogP contribution in [0.25, 0.3) is 10.8 Å². The van der Waals surface area contributed by atoms with E-state index in [1.807, 2.05) is 50.2 Å². The lowest BCUT2D eigenvalue weighted by molar-refractivity contribution is -0.118. The van der Waals surface area contributed by atoms with Crippen LogP contribution < -0.4 is 11.1 Å². The van der Waals surface area contributed by atoms with Crippen LogP contribution in [0, 0.1) is 5.92 Å². The molecule has 3 N–H and O–H groups in total. The van der Waals surface area contributed by atoms with E-state index in [1.54, 1.807) is 0 Å². The van der Waals surface area contributed by atoms with Crippen molar-refractivity contribution in [2.24, 2.45) is 11.7 Å². The van der Waals surface area contributed by atoms with Crippen LogP contribution in [0.4, 0.5) is 5.69 Å². The van der Waals surface area contributed by atoms with Crippen molar-refractivity contribution in [1.29, 1.82) is 0 Å². The molecule has 2 aromatic rings. The number of nitrogens with one attached hydrogen (secondary N) is 1. The van der Waals surface area contributed by atoms with Gasteiger partial charge in [0.2, 0.25) is 5.91 Å². The van der Waals surface area contributed by atoms with Crippen LogP contribution in [-0.4, -0.2) is 11.9 Å². The van der Waals surface area contributed by atoms with Crippen molar-refractivity contribution < 1.29 is 4.79 Å². The van der Waals surface area contributed by atoms with Crippen LogP contribution in [0.5, 0.6) is 0 Å². The number of amides is 1. The van der Waals surface area contributed by atoms with Gasteiger partial charge in [0.05, 0.1) is 6.04 Å². The lowest BCUT2D eigenvalue weighted by Crippen LogP contribution is -2.40. The maximum Gasteiger partial charge on any atom is 0.241 e. The van der Waals surface area contributed by atoms with Crippen LogP contribution in [0.2, 0.25) is 0 Å². The molecule has 0 heterocycles. The van der Waals surface area contributed by atoms with Crippen molar-refractivity contribution in [1.82, 2.24) is 0 Å². The van der Waals surface area contributed by atoms with E-state index < -0.39 is 6.04 Å². The van der Waals surface area contributed by atoms with Gasteiger partial charge < -0.3 is 11.1 Å². The van der Waals surface area contributed by atoms with Crippen molar-refractivity contribution in [2.75, 3.05) is 5.32 Å². The number of hydrogen-bond acceptors (Lipinski definition) is 2. The highest BCUT2D eigenvalue weighted by molar-refractivity contribution is 9.10. The predicted molar refractivity (Wildman–Crippen MR) is 87.7 cm³/mol. The van der Waals surface area contributed by atoms with Crippen LogP contribution in [0.15, 0.2) is 40.9 Å². The average molecular weight is 335 g/mol. The lowest BCUT2D eigenvalue weighted by atomic mass is 9.99. The predicted octanol–water partition coefficient (Wildman–Crippen LogP) is 3.91. The fourth-order valence-electron chi connectivity index (χ4n) is 2.03. The molecular formula is C16H19BrN2O. The van der Waals surface area contributed by atoms with Crippen LogP contribution in [0.1, 0.15) is 20.3 Å². The Morgan fingerprint density at radius 1 is 1.25 bits per heavy atom. The summed E-state index contributed by atoms with van der Waals surface area (Å²) in [6, 6.07) is 11.4. The van der Waals surface area contributed by atoms with Gasteiger partial charge in [0.1, 0.15) is 0 Å². The molecule has 0 aromatic heterocycles. The number of anilines is 1. The van der Waals surface area contributed by atoms with Gasteiger partial charge in [0, 0.05) is 10.2 Å². The van der Waals surface area contributed by atoms with Crippen molar-refractivity contribution in [2.45, 2.75) is 26.3 Å². The summed E-state index contributed by atoms with van der Waals surface area (Å²) in [6.07, 6.45) is 0.889. The van der Waals surface area contributed by atoms with E-state index >= 15 is 0 Å². The summed E-state index contributed by atoms with van der Waals surface area (Å²) in [4.78, 5) is 12.1. The first-order valence-corrected chi connectivity index (χ1v) is 7.56. The summed E-state index contributed by atoms with van der Waals surface area (Å²) < 4.78 is 1.04. The van der Waals surface area contributed by atoms with Crippen LogP contribution in [-0.2, 0) is 4.79 Å². The summed E-state index contributed by atoms with van der Waals surface area (Å²) in [6.45, 7) is 4.02. The van der Waals surface area contributed by atoms with Gasteiger partial charge in [-0.3, -0.25) is 4.79 Å². The van der Waals surface area contributed by atoms with Gasteiger partial charge >= 0.3 is 0 Å². The molecule has 0 unspecified atom stereocenters. The zero-order valence-corrected chi connectivity index (χ0v) is 13.3. The van der Waals surface area contributed by atoms with E-state index in [2.05, 4.69) is 21.2 Å². The third kappa shape index (κ3) is 3.38. The van der Waals surface area contributed by atoms with E-state index in [0.29, 0.717) is 0 Å². The van der Waals surface area contributed by atoms with E-state index in [0.717, 1.165) is 27.4 Å². The lowest BCUT2D eigenvalue weighted by Gasteiger charge is -2.17. The molecular weight excluding hydrogens is 316 g/mol. The summed E-state index contributed by atoms with van der Waals surface area (Å²) in [5.74, 6) is 0.0437. The quantitative estimate of drug-likeness (QED) is 0.890. The molecule has 0 saturated carbocycles. The van der Waals surface area contributed by atoms with E-state index in [1.165, 1.54) is 0 Å². The average Bonchev–Trinajstić information content (AvgIpc) is 2.45. The Hall–Kier alpha value is -1.39. The van der Waals surface area contributed by atoms with Crippen molar-refractivity contribution in [3.63, 3.8) is 0 Å². The van der Waals surface area contributed by atoms with Crippen LogP contribution >= 0.6 is 15.9 Å². The number of rotatable bonds is 4. The molecule has 0 fully saturated rings. The molecule has 1 amide bonds. The standard InChI is InChI=1S/C16H19BrN2O/c1-3-10(2)15(18)16(20)19-14-7-5-11-8-13(17)6-4-12(11)9-14/h4-10,15H,3,18H2,1-2H3,(H,19,20)/t10-,15-/m0/s1. The highest BCUT2D eigenvalue weighted by Gasteiger charge is 2.19. The molecule has 0 aliphatic carbocycles. The number of carbonyl (C=O) groups excluding carboxylic acids is 1. The number of halogens is 1. The van der Waals surface area contributed by atoms with Gasteiger partial charge in [0.25, 0.3) is 0 Å². The summed E-state index contributed by atoms with van der Waals surface area (Å²) in [5.41, 5.74) is 6.71. The fraction of sp³-hybridized carbons (Fsp3) is 0.312. The Bertz CT molecular complexity index is 627. The molecule has 4 heteroatoms. The third-order valence-electron chi connectivity index (χ3n) is 3.63. The summed E-state index contributed by atoms with van der Waals surface area (Å²) >= 11 is 3.45. The second kappa shape index (κ2) is 6.37. The summed E-state index contributed by atoms with van der Waals surface area (Å²) in [7, 11) is 0. The molecule has 3 nitrogen and oxygen atoms in total. The number of fused-ring (bicyclic) bond motifs is 1. The van der Waals surface area contributed by atoms with Crippen molar-refractivity contribution >= 4 is 38.3 Å². The Kier molecular flexibility index (Phi) is 4.78. The van der Waals surface area contributed by atoms with Crippen molar-refractivity contribution in [3.05, 3.63) is 40.9 Å². The van der Waals surface area contributed by atoms with Gasteiger partial charge in [-0.2, -0.15) is 0 Å². The molecule has 2 aromatic carbocycles. The first-order valence-electron chi connectivity index (χ1n) is 6.77. The first kappa shape index (κ1) is 15.0. The van der Waals surface area contributed by atoms with Crippen LogP contribution in [0.3, 0.4) is 0 Å². The van der Waals surface area contributed by atoms with Gasteiger partial charge in [-0.1, -0.05) is 48.3 Å². The fourth-order valence-corrected chi connectivity index (χ4v) is 2.41. The molecule has 0 aliphatic rings. The molecule has 20 heavy (non-hydrogen) atoms. The SMILES string of the molecule is CC[C@H](C)[C@H](N)C(=O)Nc1ccc2cc(Br)ccc2c1. The smallest absolute Gasteiger partial charge is 0.241 e. The van der Waals surface area contributed by atoms with E-state index in [4.69, 9.17) is 5.73 Å². The summed E-state index contributed by atoms with van der Waals surface area (Å²) in [5, 5.41) is 5.10. The van der Waals surface area contributed by atoms with Gasteiger partial charge in [-0.15, -0.1) is 0 Å². The molecule has 2 atom stereocenters. The Morgan fingerprint density at radius 2 is 1.90 bits per heavy atom. The maximum atomic E-state index is 12.1. The Labute approximate surface area is 127 Å². The number of hydrogen-bond donors (Lipinski definition) is 2. The first-order chi connectivity index (χ1) is 9.51. The molecule has 0 bridgehead atoms. The minimum Gasteiger partial charge on any atom is -0.325 e. The molecule has 0 aliphatic heterocycles. The number of carbonyl (C=O) groups is 1. The molecule has 0 radical (unpaired) electrons. The minimum absolute atomic E-state index is 0.129. The van der Waals surface area contributed by atoms with E-state index in [-0.39, 0.29) is 11.8 Å². The highest BCUT2D eigenvalue weighted by atomic mass is 79.9. The monoisotopic (exact) mass is 334 g/mol. The topological polar surface area (TPSA) is 55.1 Å². The molecule has 0 spiro atoms. The second-order valence-electron chi connectivity index (χ2n) is 5.11. The number of benzene rings is 2. The van der Waals surface area contributed by atoms with Crippen molar-refractivity contribution in [3.8, 4) is 0 Å². The van der Waals surface area contributed by atoms with E-state index in [9.17, 15) is 4.79 Å². The van der Waals surface area contributed by atoms with Gasteiger partial charge in [-0.25, -0.2) is 0 Å². The maximum absolute atomic E-state index is 12.1. The largest absolute Gasteiger partial charge is 0.325 e. The zero-order valence-electron chi connectivity index (χ0n) is 11.7. The number of nitrogens with two attached hydrogens (primary N) is 1. The molecule has 2 rings (SSSR count). The van der Waals surface area contributed by atoms with Gasteiger partial charge in [-0.05, 0) is 41.0 Å². The normalized spacial score (nSPS) is 14.0. The molecule has 106 valence electrons. The minimum atomic E-state index is -0.472. The zero-order chi connectivity index (χ0) is 14.7. The Balaban J connectivity index is 2.18. The third-order valence-corrected chi connectivity index (χ3v) is 4.12. The Morgan fingerprint density at radius 3 is 2.60 bits per heavy atom. The van der Waals surface area contributed by atoms with Gasteiger partial charge in [0.15, 0.2) is 0 Å². The highest BCUT2D eigenvalue weighted by Crippen LogP contribution is 2.23.